The number of hydrogen-bond acceptors (Lipinski definition) is 22. The zero-order valence-electron chi connectivity index (χ0n) is 60.5. The number of hydrogen-bond donors (Lipinski definition) is 10. The Balaban J connectivity index is 0.661. The van der Waals surface area contributed by atoms with Crippen LogP contribution in [-0.4, -0.2) is 201 Å². The van der Waals surface area contributed by atoms with Crippen LogP contribution in [0, 0.1) is 23.2 Å². The summed E-state index contributed by atoms with van der Waals surface area (Å²) in [5.41, 5.74) is 3.81. The first-order valence-electron chi connectivity index (χ1n) is 36.3. The predicted molar refractivity (Wildman–Crippen MR) is 396 cm³/mol. The van der Waals surface area contributed by atoms with Crippen molar-refractivity contribution in [3.8, 4) is 22.6 Å². The number of nitrogens with zero attached hydrogens (tertiary/aromatic N) is 7. The highest BCUT2D eigenvalue weighted by molar-refractivity contribution is 7.51. The normalized spacial score (nSPS) is 24.3. The number of amides is 5. The molecule has 6 heterocycles. The van der Waals surface area contributed by atoms with Crippen molar-refractivity contribution in [3.05, 3.63) is 125 Å². The van der Waals surface area contributed by atoms with Gasteiger partial charge in [0, 0.05) is 99.1 Å². The maximum atomic E-state index is 14.2. The van der Waals surface area contributed by atoms with Crippen LogP contribution in [0.25, 0.3) is 27.4 Å². The number of nitrogens with one attached hydrogen (secondary N) is 3. The number of rotatable bonds is 33. The quantitative estimate of drug-likeness (QED) is 0.0105. The van der Waals surface area contributed by atoms with E-state index in [4.69, 9.17) is 29.0 Å². The monoisotopic (exact) mass is 1530 g/mol. The average Bonchev–Trinajstić information content (AvgIpc) is 0.830. The number of para-hydroxylation sites is 1. The van der Waals surface area contributed by atoms with E-state index in [2.05, 4.69) is 34.8 Å². The van der Waals surface area contributed by atoms with Crippen LogP contribution in [0.1, 0.15) is 147 Å². The zero-order chi connectivity index (χ0) is 77.0. The lowest BCUT2D eigenvalue weighted by molar-refractivity contribution is -0.248. The average molecular weight is 1530 g/mol. The maximum Gasteiger partial charge on any atom is 0.409 e. The summed E-state index contributed by atoms with van der Waals surface area (Å²) in [6.07, 6.45) is 7.29. The van der Waals surface area contributed by atoms with Crippen molar-refractivity contribution >= 4 is 99.3 Å². The van der Waals surface area contributed by atoms with Gasteiger partial charge in [-0.05, 0) is 160 Å². The van der Waals surface area contributed by atoms with Gasteiger partial charge in [-0.3, -0.25) is 53.5 Å². The third-order valence-corrected chi connectivity index (χ3v) is 23.1. The molecule has 30 nitrogen and oxygen atoms in total. The second-order valence-corrected chi connectivity index (χ2v) is 33.0. The van der Waals surface area contributed by atoms with E-state index in [0.29, 0.717) is 83.3 Å². The zero-order valence-corrected chi connectivity index (χ0v) is 62.2. The number of aromatic carboxylic acids is 1. The molecule has 4 saturated carbocycles. The molecule has 13 rings (SSSR count). The van der Waals surface area contributed by atoms with E-state index < -0.39 is 73.6 Å². The maximum absolute atomic E-state index is 14.2. The van der Waals surface area contributed by atoms with Crippen molar-refractivity contribution in [2.45, 2.75) is 166 Å². The van der Waals surface area contributed by atoms with Gasteiger partial charge < -0.3 is 69.4 Å². The van der Waals surface area contributed by atoms with E-state index in [1.807, 2.05) is 40.8 Å². The third-order valence-electron chi connectivity index (χ3n) is 21.3. The van der Waals surface area contributed by atoms with Crippen molar-refractivity contribution < 1.29 is 97.2 Å². The highest BCUT2D eigenvalue weighted by Gasteiger charge is 2.66. The number of ether oxygens (including phenoxy) is 4. The Kier molecular flexibility index (Phi) is 23.5. The molecule has 4 bridgehead atoms. The molecular weight excluding hydrogens is 1440 g/mol. The van der Waals surface area contributed by atoms with Gasteiger partial charge >= 0.3 is 25.6 Å². The Morgan fingerprint density at radius 3 is 2.27 bits per heavy atom. The number of carbonyl (C=O) groups is 8. The van der Waals surface area contributed by atoms with E-state index in [1.54, 1.807) is 55.7 Å². The van der Waals surface area contributed by atoms with Crippen molar-refractivity contribution in [2.75, 3.05) is 68.2 Å². The number of benzene rings is 3. The van der Waals surface area contributed by atoms with Crippen molar-refractivity contribution in [1.82, 2.24) is 34.9 Å². The molecule has 2 unspecified atom stereocenters. The minimum Gasteiger partial charge on any atom is -0.493 e. The Labute approximate surface area is 626 Å². The Bertz CT molecular complexity index is 4500. The fourth-order valence-electron chi connectivity index (χ4n) is 17.4. The number of aliphatic carboxylic acids is 1. The van der Waals surface area contributed by atoms with Crippen molar-refractivity contribution in [1.29, 1.82) is 0 Å². The molecule has 5 amide bonds. The summed E-state index contributed by atoms with van der Waals surface area (Å²) in [6, 6.07) is 17.2. The topological polar surface area (TPSA) is 422 Å². The fraction of sp³-hybridized carbons (Fsp3) is 0.487. The molecule has 10 N–H and O–H groups in total. The number of ketones is 1. The number of Topliss-reactive ketones (excluding diaryl/α,β-unsaturated/α-hetero) is 1. The Morgan fingerprint density at radius 2 is 1.54 bits per heavy atom. The Hall–Kier alpha value is -9.30. The summed E-state index contributed by atoms with van der Waals surface area (Å²) in [5.74, 6) is -3.62. The van der Waals surface area contributed by atoms with E-state index in [-0.39, 0.29) is 129 Å². The standard InChI is InChI=1S/C76H91N10O20PS/c1-45-51(49-21-24-58(80-62(49)69(95)96)84-29-27-48-52(37-84)50(20-23-55(48)103-32-12-34-107(100,101)102)67(94)82-71-79-53-16-7-8-17-57(53)108-71)36-77-86(45)44-75-39-73(2)38-74(3,40-75)42-76(41-73,43-75)105-33-30-83(4)72(99)104-31-11-13-46-19-22-56(106-68-66(93)65(92)64(91)63(81-68)70(97)98)54(35-46)78-59(88)18-10-15-47(87)14-6-5-9-28-85-60(89)25-26-61(85)90/h7-8,11,13,16-17,19-26,35-36,63-66,68,81,91-93H,5-6,9-10,12,14-15,18,27-34,37-44H2,1-4H3,(H,78,88)(H,95,96)(H,97,98)(H,79,82,94)(H2,100,101,102)/b13-11+/t63-,64+,65-,66+,68-,73?,74?,75?,76?/m0/s1. The first-order valence-corrected chi connectivity index (χ1v) is 38.9. The second kappa shape index (κ2) is 32.5. The molecule has 108 heavy (non-hydrogen) atoms. The molecule has 0 spiro atoms. The molecule has 576 valence electrons. The molecule has 3 aromatic heterocycles. The number of carboxylic acid groups (broad SMARTS) is 2. The molecule has 1 saturated heterocycles. The van der Waals surface area contributed by atoms with Gasteiger partial charge in [0.2, 0.25) is 5.91 Å². The number of carbonyl (C=O) groups excluding carboxylic acids is 6. The highest BCUT2D eigenvalue weighted by Crippen LogP contribution is 2.72. The minimum atomic E-state index is -4.25. The number of unbranched alkanes of at least 4 members (excludes halogenated alkanes) is 2. The smallest absolute Gasteiger partial charge is 0.409 e. The molecule has 6 aromatic rings. The number of carboxylic acids is 2. The summed E-state index contributed by atoms with van der Waals surface area (Å²) in [7, 11) is -2.63. The molecule has 0 radical (unpaired) electrons. The number of fused-ring (bicyclic) bond motifs is 2. The van der Waals surface area contributed by atoms with Crippen LogP contribution < -0.4 is 30.3 Å². The number of pyridine rings is 1. The van der Waals surface area contributed by atoms with Crippen LogP contribution in [0.4, 0.5) is 21.4 Å². The molecule has 32 heteroatoms. The third kappa shape index (κ3) is 18.2. The van der Waals surface area contributed by atoms with Gasteiger partial charge in [0.25, 0.3) is 17.7 Å². The summed E-state index contributed by atoms with van der Waals surface area (Å²) in [4.78, 5) is 135. The lowest BCUT2D eigenvalue weighted by atomic mass is 9.39. The molecule has 3 aliphatic heterocycles. The second-order valence-electron chi connectivity index (χ2n) is 30.2. The van der Waals surface area contributed by atoms with Crippen LogP contribution in [0.15, 0.2) is 91.2 Å². The first kappa shape index (κ1) is 78.3. The van der Waals surface area contributed by atoms with E-state index in [0.717, 1.165) is 64.9 Å². The summed E-state index contributed by atoms with van der Waals surface area (Å²) in [5, 5.41) is 65.8. The number of imide groups is 1. The Morgan fingerprint density at radius 1 is 0.796 bits per heavy atom. The number of thiazole rings is 1. The lowest BCUT2D eigenvalue weighted by Crippen LogP contribution is -2.68. The predicted octanol–water partition coefficient (Wildman–Crippen LogP) is 8.25. The SMILES string of the molecule is Cc1c(-c2ccc(N3CCc4c(OCCCP(=O)(O)O)ccc(C(=O)Nc5nc6ccccc6s5)c4C3)nc2C(=O)O)cnn1CC12CC3(C)CC(C)(C1)CC(OCCN(C)C(=O)OC/C=C/c1ccc(O[C@@H]4N[C@H](C(=O)O)[C@@H](O)[C@H](O)[C@H]4O)c(NC(=O)CCCC(=O)CCCCCN4C(=O)C=CC4=O)c1)(C3)C2. The van der Waals surface area contributed by atoms with Crippen LogP contribution in [0.2, 0.25) is 0 Å². The van der Waals surface area contributed by atoms with Gasteiger partial charge in [0.1, 0.15) is 54.1 Å². The lowest BCUT2D eigenvalue weighted by Gasteiger charge is -2.69. The van der Waals surface area contributed by atoms with E-state index >= 15 is 0 Å². The number of anilines is 3. The van der Waals surface area contributed by atoms with Crippen LogP contribution in [0.3, 0.4) is 0 Å². The highest BCUT2D eigenvalue weighted by atomic mass is 32.1. The van der Waals surface area contributed by atoms with Gasteiger partial charge in [-0.1, -0.05) is 55.9 Å². The molecule has 4 aliphatic carbocycles. The number of aromatic nitrogens is 4. The van der Waals surface area contributed by atoms with Gasteiger partial charge in [0.05, 0.1) is 47.1 Å². The van der Waals surface area contributed by atoms with Gasteiger partial charge in [-0.25, -0.2) is 19.6 Å². The van der Waals surface area contributed by atoms with Gasteiger partial charge in [0.15, 0.2) is 17.1 Å². The summed E-state index contributed by atoms with van der Waals surface area (Å²) >= 11 is 1.34. The van der Waals surface area contributed by atoms with Crippen LogP contribution >= 0.6 is 18.9 Å². The van der Waals surface area contributed by atoms with Crippen molar-refractivity contribution in [2.24, 2.45) is 16.2 Å². The van der Waals surface area contributed by atoms with Crippen molar-refractivity contribution in [3.63, 3.8) is 0 Å². The number of aliphatic hydroxyl groups excluding tert-OH is 3. The van der Waals surface area contributed by atoms with Gasteiger partial charge in [-0.2, -0.15) is 5.10 Å². The fourth-order valence-corrected chi connectivity index (χ4v) is 18.8. The summed E-state index contributed by atoms with van der Waals surface area (Å²) < 4.78 is 39.2. The number of piperidine rings is 1. The van der Waals surface area contributed by atoms with Crippen LogP contribution in [-0.2, 0) is 57.5 Å². The van der Waals surface area contributed by atoms with Gasteiger partial charge in [-0.15, -0.1) is 0 Å². The molecule has 7 aliphatic rings. The number of aliphatic hydroxyl groups is 3. The summed E-state index contributed by atoms with van der Waals surface area (Å²) in [6.45, 7) is 8.29. The molecule has 5 fully saturated rings. The van der Waals surface area contributed by atoms with Crippen LogP contribution in [0.5, 0.6) is 11.5 Å². The minimum absolute atomic E-state index is 0.0356. The largest absolute Gasteiger partial charge is 0.493 e. The number of likely N-dealkylation sites (N-methyl/N-ethyl adjacent to an activating group) is 1. The van der Waals surface area contributed by atoms with E-state index in [9.17, 15) is 78.2 Å². The molecule has 3 aromatic carbocycles. The molecular formula is C76H91N10O20PS. The first-order chi connectivity index (χ1) is 51.4. The molecule has 7 atom stereocenters. The van der Waals surface area contributed by atoms with E-state index in [1.165, 1.54) is 40.5 Å².